The third kappa shape index (κ3) is 5.83. The molecule has 1 aromatic carbocycles. The average molecular weight is 293 g/mol. The standard InChI is InChI=1S/C16H27N3O2/c1-12(14(17)13-8-6-5-7-9-13)15(20)18-10-16(2,21)11-19(3)4/h5-9,12,14,21H,10-11,17H2,1-4H3,(H,18,20). The maximum atomic E-state index is 12.2. The van der Waals surface area contributed by atoms with E-state index in [-0.39, 0.29) is 24.4 Å². The summed E-state index contributed by atoms with van der Waals surface area (Å²) in [5.41, 5.74) is 6.10. The Hall–Kier alpha value is -1.43. The van der Waals surface area contributed by atoms with Crippen LogP contribution in [0.25, 0.3) is 0 Å². The van der Waals surface area contributed by atoms with E-state index in [4.69, 9.17) is 5.73 Å². The van der Waals surface area contributed by atoms with Crippen LogP contribution in [0, 0.1) is 5.92 Å². The molecule has 0 heterocycles. The van der Waals surface area contributed by atoms with Crippen molar-refractivity contribution in [3.8, 4) is 0 Å². The summed E-state index contributed by atoms with van der Waals surface area (Å²) in [4.78, 5) is 14.1. The Labute approximate surface area is 127 Å². The predicted molar refractivity (Wildman–Crippen MR) is 84.7 cm³/mol. The lowest BCUT2D eigenvalue weighted by molar-refractivity contribution is -0.126. The molecule has 3 unspecified atom stereocenters. The van der Waals surface area contributed by atoms with Crippen LogP contribution in [0.1, 0.15) is 25.5 Å². The SMILES string of the molecule is CC(C(=O)NCC(C)(O)CN(C)C)C(N)c1ccccc1. The van der Waals surface area contributed by atoms with E-state index in [2.05, 4.69) is 5.32 Å². The van der Waals surface area contributed by atoms with Gasteiger partial charge in [0.2, 0.25) is 5.91 Å². The summed E-state index contributed by atoms with van der Waals surface area (Å²) in [5.74, 6) is -0.507. The number of benzene rings is 1. The summed E-state index contributed by atoms with van der Waals surface area (Å²) in [7, 11) is 3.76. The molecular weight excluding hydrogens is 266 g/mol. The molecule has 0 aliphatic carbocycles. The van der Waals surface area contributed by atoms with Gasteiger partial charge in [0.15, 0.2) is 0 Å². The molecule has 1 amide bonds. The van der Waals surface area contributed by atoms with Crippen LogP contribution in [0.3, 0.4) is 0 Å². The molecule has 0 spiro atoms. The van der Waals surface area contributed by atoms with Crippen LogP contribution in [0.5, 0.6) is 0 Å². The monoisotopic (exact) mass is 293 g/mol. The summed E-state index contributed by atoms with van der Waals surface area (Å²) in [6.07, 6.45) is 0. The first kappa shape index (κ1) is 17.6. The second-order valence-corrected chi connectivity index (χ2v) is 6.18. The predicted octanol–water partition coefficient (Wildman–Crippen LogP) is 0.751. The van der Waals surface area contributed by atoms with Crippen LogP contribution < -0.4 is 11.1 Å². The molecule has 5 heteroatoms. The number of nitrogens with one attached hydrogen (secondary N) is 1. The van der Waals surface area contributed by atoms with E-state index in [1.807, 2.05) is 49.3 Å². The molecule has 21 heavy (non-hydrogen) atoms. The zero-order valence-corrected chi connectivity index (χ0v) is 13.3. The highest BCUT2D eigenvalue weighted by molar-refractivity contribution is 5.79. The highest BCUT2D eigenvalue weighted by atomic mass is 16.3. The van der Waals surface area contributed by atoms with Gasteiger partial charge in [0.25, 0.3) is 0 Å². The van der Waals surface area contributed by atoms with Gasteiger partial charge in [0, 0.05) is 19.1 Å². The number of hydrogen-bond acceptors (Lipinski definition) is 4. The molecule has 0 aliphatic rings. The van der Waals surface area contributed by atoms with Gasteiger partial charge in [-0.2, -0.15) is 0 Å². The highest BCUT2D eigenvalue weighted by Crippen LogP contribution is 2.19. The van der Waals surface area contributed by atoms with Crippen molar-refractivity contribution in [1.29, 1.82) is 0 Å². The lowest BCUT2D eigenvalue weighted by Crippen LogP contribution is -2.48. The molecule has 0 fully saturated rings. The second-order valence-electron chi connectivity index (χ2n) is 6.18. The minimum atomic E-state index is -0.963. The fraction of sp³-hybridized carbons (Fsp3) is 0.562. The minimum Gasteiger partial charge on any atom is -0.387 e. The van der Waals surface area contributed by atoms with Crippen LogP contribution in [0.4, 0.5) is 0 Å². The van der Waals surface area contributed by atoms with Gasteiger partial charge >= 0.3 is 0 Å². The van der Waals surface area contributed by atoms with Gasteiger partial charge in [-0.1, -0.05) is 37.3 Å². The zero-order valence-electron chi connectivity index (χ0n) is 13.3. The van der Waals surface area contributed by atoms with Gasteiger partial charge in [0.05, 0.1) is 11.5 Å². The molecule has 0 aromatic heterocycles. The number of nitrogens with zero attached hydrogens (tertiary/aromatic N) is 1. The Bertz CT molecular complexity index is 446. The lowest BCUT2D eigenvalue weighted by atomic mass is 9.94. The smallest absolute Gasteiger partial charge is 0.224 e. The second kappa shape index (κ2) is 7.54. The average Bonchev–Trinajstić information content (AvgIpc) is 2.43. The van der Waals surface area contributed by atoms with Crippen LogP contribution in [0.15, 0.2) is 30.3 Å². The van der Waals surface area contributed by atoms with Crippen LogP contribution in [-0.4, -0.2) is 48.7 Å². The topological polar surface area (TPSA) is 78.6 Å². The molecule has 0 saturated carbocycles. The Balaban J connectivity index is 2.55. The fourth-order valence-electron chi connectivity index (χ4n) is 2.30. The van der Waals surface area contributed by atoms with Crippen molar-refractivity contribution in [3.05, 3.63) is 35.9 Å². The van der Waals surface area contributed by atoms with Gasteiger partial charge in [-0.3, -0.25) is 4.79 Å². The zero-order chi connectivity index (χ0) is 16.0. The van der Waals surface area contributed by atoms with Crippen molar-refractivity contribution in [1.82, 2.24) is 10.2 Å². The molecule has 5 nitrogen and oxygen atoms in total. The van der Waals surface area contributed by atoms with E-state index < -0.39 is 5.60 Å². The van der Waals surface area contributed by atoms with Gasteiger partial charge in [-0.15, -0.1) is 0 Å². The molecule has 0 radical (unpaired) electrons. The Morgan fingerprint density at radius 2 is 1.95 bits per heavy atom. The van der Waals surface area contributed by atoms with Crippen molar-refractivity contribution in [2.24, 2.45) is 11.7 Å². The number of nitrogens with two attached hydrogens (primary N) is 1. The molecule has 1 rings (SSSR count). The third-order valence-electron chi connectivity index (χ3n) is 3.44. The van der Waals surface area contributed by atoms with Crippen molar-refractivity contribution < 1.29 is 9.90 Å². The van der Waals surface area contributed by atoms with E-state index in [1.54, 1.807) is 13.8 Å². The first-order valence-corrected chi connectivity index (χ1v) is 7.18. The molecule has 118 valence electrons. The van der Waals surface area contributed by atoms with E-state index in [9.17, 15) is 9.90 Å². The van der Waals surface area contributed by atoms with Crippen molar-refractivity contribution in [2.75, 3.05) is 27.2 Å². The number of aliphatic hydroxyl groups is 1. The molecule has 3 atom stereocenters. The maximum Gasteiger partial charge on any atom is 0.224 e. The lowest BCUT2D eigenvalue weighted by Gasteiger charge is -2.28. The van der Waals surface area contributed by atoms with Crippen molar-refractivity contribution >= 4 is 5.91 Å². The number of amides is 1. The number of likely N-dealkylation sites (N-methyl/N-ethyl adjacent to an activating group) is 1. The summed E-state index contributed by atoms with van der Waals surface area (Å²) >= 11 is 0. The first-order chi connectivity index (χ1) is 9.73. The van der Waals surface area contributed by atoms with E-state index in [0.29, 0.717) is 6.54 Å². The molecule has 0 saturated heterocycles. The fourth-order valence-corrected chi connectivity index (χ4v) is 2.30. The molecule has 0 aliphatic heterocycles. The van der Waals surface area contributed by atoms with Gasteiger partial charge in [0.1, 0.15) is 0 Å². The van der Waals surface area contributed by atoms with Crippen molar-refractivity contribution in [3.63, 3.8) is 0 Å². The Morgan fingerprint density at radius 1 is 1.38 bits per heavy atom. The van der Waals surface area contributed by atoms with Gasteiger partial charge in [-0.25, -0.2) is 0 Å². The van der Waals surface area contributed by atoms with Gasteiger partial charge < -0.3 is 21.1 Å². The Morgan fingerprint density at radius 3 is 2.48 bits per heavy atom. The molecular formula is C16H27N3O2. The van der Waals surface area contributed by atoms with E-state index >= 15 is 0 Å². The van der Waals surface area contributed by atoms with Gasteiger partial charge in [-0.05, 0) is 26.6 Å². The van der Waals surface area contributed by atoms with Crippen LogP contribution in [-0.2, 0) is 4.79 Å². The number of carbonyl (C=O) groups excluding carboxylic acids is 1. The Kier molecular flexibility index (Phi) is 6.33. The van der Waals surface area contributed by atoms with Crippen molar-refractivity contribution in [2.45, 2.75) is 25.5 Å². The number of hydrogen-bond donors (Lipinski definition) is 3. The highest BCUT2D eigenvalue weighted by Gasteiger charge is 2.26. The summed E-state index contributed by atoms with van der Waals surface area (Å²) < 4.78 is 0. The quantitative estimate of drug-likeness (QED) is 0.693. The molecule has 1 aromatic rings. The van der Waals surface area contributed by atoms with Crippen LogP contribution >= 0.6 is 0 Å². The van der Waals surface area contributed by atoms with E-state index in [0.717, 1.165) is 5.56 Å². The van der Waals surface area contributed by atoms with Crippen LogP contribution in [0.2, 0.25) is 0 Å². The summed E-state index contributed by atoms with van der Waals surface area (Å²) in [5, 5.41) is 13.0. The summed E-state index contributed by atoms with van der Waals surface area (Å²) in [6.45, 7) is 4.19. The number of carbonyl (C=O) groups is 1. The number of rotatable bonds is 7. The molecule has 4 N–H and O–H groups in total. The maximum absolute atomic E-state index is 12.2. The van der Waals surface area contributed by atoms with E-state index in [1.165, 1.54) is 0 Å². The molecule has 0 bridgehead atoms. The normalized spacial score (nSPS) is 17.1. The summed E-state index contributed by atoms with van der Waals surface area (Å²) in [6, 6.07) is 9.20. The minimum absolute atomic E-state index is 0.148. The third-order valence-corrected chi connectivity index (χ3v) is 3.44. The first-order valence-electron chi connectivity index (χ1n) is 7.18. The largest absolute Gasteiger partial charge is 0.387 e.